The third kappa shape index (κ3) is 1.66. The molecule has 0 aliphatic heterocycles. The van der Waals surface area contributed by atoms with Crippen LogP contribution in [0.4, 0.5) is 0 Å². The van der Waals surface area contributed by atoms with Gasteiger partial charge < -0.3 is 0 Å². The van der Waals surface area contributed by atoms with Crippen LogP contribution in [-0.2, 0) is 6.42 Å². The molecule has 0 aliphatic carbocycles. The quantitative estimate of drug-likeness (QED) is 0.799. The van der Waals surface area contributed by atoms with Gasteiger partial charge in [0.25, 0.3) is 0 Å². The first-order valence-electron chi connectivity index (χ1n) is 4.85. The molecular formula is C11H9ClN4. The maximum atomic E-state index is 8.99. The van der Waals surface area contributed by atoms with E-state index in [2.05, 4.69) is 16.2 Å². The topological polar surface area (TPSA) is 54.5 Å². The van der Waals surface area contributed by atoms with Crippen molar-refractivity contribution in [1.29, 1.82) is 5.26 Å². The third-order valence-corrected chi connectivity index (χ3v) is 2.60. The lowest BCUT2D eigenvalue weighted by Gasteiger charge is -2.00. The van der Waals surface area contributed by atoms with E-state index in [0.717, 1.165) is 5.69 Å². The first kappa shape index (κ1) is 10.7. The Hall–Kier alpha value is -1.86. The fourth-order valence-corrected chi connectivity index (χ4v) is 1.74. The van der Waals surface area contributed by atoms with Crippen molar-refractivity contribution in [2.24, 2.45) is 0 Å². The van der Waals surface area contributed by atoms with Gasteiger partial charge in [-0.1, -0.05) is 18.5 Å². The molecule has 5 heteroatoms. The Morgan fingerprint density at radius 2 is 2.12 bits per heavy atom. The van der Waals surface area contributed by atoms with E-state index in [1.165, 1.54) is 0 Å². The van der Waals surface area contributed by atoms with Crippen molar-refractivity contribution < 1.29 is 0 Å². The second-order valence-electron chi connectivity index (χ2n) is 3.20. The Morgan fingerprint density at radius 3 is 2.62 bits per heavy atom. The van der Waals surface area contributed by atoms with Crippen molar-refractivity contribution in [2.45, 2.75) is 13.3 Å². The van der Waals surface area contributed by atoms with E-state index < -0.39 is 0 Å². The molecule has 16 heavy (non-hydrogen) atoms. The summed E-state index contributed by atoms with van der Waals surface area (Å²) in [4.78, 5) is 3.92. The normalized spacial score (nSPS) is 10.1. The van der Waals surface area contributed by atoms with E-state index in [9.17, 15) is 0 Å². The van der Waals surface area contributed by atoms with Crippen LogP contribution in [-0.4, -0.2) is 14.8 Å². The van der Waals surface area contributed by atoms with E-state index >= 15 is 0 Å². The highest BCUT2D eigenvalue weighted by atomic mass is 35.5. The lowest BCUT2D eigenvalue weighted by atomic mass is 10.2. The fraction of sp³-hybridized carbons (Fsp3) is 0.182. The summed E-state index contributed by atoms with van der Waals surface area (Å²) in [5.74, 6) is 0. The van der Waals surface area contributed by atoms with Crippen molar-refractivity contribution in [2.75, 3.05) is 0 Å². The molecular weight excluding hydrogens is 224 g/mol. The lowest BCUT2D eigenvalue weighted by molar-refractivity contribution is 0.840. The number of halogens is 1. The van der Waals surface area contributed by atoms with Crippen molar-refractivity contribution in [1.82, 2.24) is 14.8 Å². The molecule has 0 spiro atoms. The predicted octanol–water partition coefficient (Wildman–Crippen LogP) is 2.35. The molecule has 0 N–H and O–H groups in total. The van der Waals surface area contributed by atoms with Gasteiger partial charge in [0.05, 0.1) is 11.4 Å². The van der Waals surface area contributed by atoms with Crippen LogP contribution in [0.5, 0.6) is 0 Å². The second kappa shape index (κ2) is 4.33. The Labute approximate surface area is 98.1 Å². The highest BCUT2D eigenvalue weighted by Gasteiger charge is 2.15. The summed E-state index contributed by atoms with van der Waals surface area (Å²) >= 11 is 6.10. The lowest BCUT2D eigenvalue weighted by Crippen LogP contribution is -1.97. The first-order chi connectivity index (χ1) is 7.77. The van der Waals surface area contributed by atoms with Crippen LogP contribution < -0.4 is 0 Å². The minimum absolute atomic E-state index is 0.352. The first-order valence-corrected chi connectivity index (χ1v) is 5.23. The van der Waals surface area contributed by atoms with Crippen molar-refractivity contribution >= 4 is 11.6 Å². The molecule has 0 radical (unpaired) electrons. The Bertz CT molecular complexity index is 539. The molecule has 0 saturated carbocycles. The van der Waals surface area contributed by atoms with Crippen LogP contribution in [0.15, 0.2) is 24.5 Å². The molecule has 0 saturated heterocycles. The summed E-state index contributed by atoms with van der Waals surface area (Å²) in [5, 5.41) is 13.6. The van der Waals surface area contributed by atoms with Crippen LogP contribution in [0, 0.1) is 11.3 Å². The number of pyridine rings is 1. The average molecular weight is 233 g/mol. The molecule has 0 aliphatic rings. The van der Waals surface area contributed by atoms with Crippen molar-refractivity contribution in [3.8, 4) is 11.8 Å². The monoisotopic (exact) mass is 232 g/mol. The van der Waals surface area contributed by atoms with Gasteiger partial charge in [0.2, 0.25) is 0 Å². The van der Waals surface area contributed by atoms with Gasteiger partial charge in [-0.2, -0.15) is 10.4 Å². The molecule has 2 rings (SSSR count). The number of hydrogen-bond acceptors (Lipinski definition) is 3. The number of aromatic nitrogens is 3. The summed E-state index contributed by atoms with van der Waals surface area (Å²) < 4.78 is 1.56. The molecule has 4 nitrogen and oxygen atoms in total. The van der Waals surface area contributed by atoms with Gasteiger partial charge in [-0.3, -0.25) is 4.98 Å². The Morgan fingerprint density at radius 1 is 1.44 bits per heavy atom. The maximum Gasteiger partial charge on any atom is 0.150 e. The third-order valence-electron chi connectivity index (χ3n) is 2.26. The van der Waals surface area contributed by atoms with Crippen molar-refractivity contribution in [3.05, 3.63) is 40.9 Å². The summed E-state index contributed by atoms with van der Waals surface area (Å²) in [7, 11) is 0. The minimum atomic E-state index is 0.352. The van der Waals surface area contributed by atoms with Crippen LogP contribution in [0.1, 0.15) is 18.2 Å². The van der Waals surface area contributed by atoms with E-state index in [1.54, 1.807) is 29.2 Å². The molecule has 2 aromatic heterocycles. The largest absolute Gasteiger partial charge is 0.265 e. The molecule has 0 fully saturated rings. The Kier molecular flexibility index (Phi) is 2.88. The number of hydrogen-bond donors (Lipinski definition) is 0. The molecule has 0 bridgehead atoms. The average Bonchev–Trinajstić information content (AvgIpc) is 2.66. The highest BCUT2D eigenvalue weighted by Crippen LogP contribution is 2.22. The van der Waals surface area contributed by atoms with Crippen LogP contribution >= 0.6 is 11.6 Å². The number of nitrogens with zero attached hydrogens (tertiary/aromatic N) is 4. The molecule has 80 valence electrons. The standard InChI is InChI=1S/C11H9ClN4/c1-2-10-9(7-13)11(12)16(15-10)8-3-5-14-6-4-8/h3-6H,2H2,1H3. The van der Waals surface area contributed by atoms with Gasteiger partial charge in [0.1, 0.15) is 11.6 Å². The smallest absolute Gasteiger partial charge is 0.150 e. The van der Waals surface area contributed by atoms with Crippen LogP contribution in [0.2, 0.25) is 5.15 Å². The summed E-state index contributed by atoms with van der Waals surface area (Å²) in [6.45, 7) is 1.94. The SMILES string of the molecule is CCc1nn(-c2ccncc2)c(Cl)c1C#N. The molecule has 2 heterocycles. The fourth-order valence-electron chi connectivity index (χ4n) is 1.45. The van der Waals surface area contributed by atoms with E-state index in [1.807, 2.05) is 6.92 Å². The molecule has 0 atom stereocenters. The Balaban J connectivity index is 2.60. The van der Waals surface area contributed by atoms with E-state index in [-0.39, 0.29) is 0 Å². The number of nitriles is 1. The van der Waals surface area contributed by atoms with Gasteiger partial charge in [0, 0.05) is 12.4 Å². The van der Waals surface area contributed by atoms with Gasteiger partial charge in [-0.15, -0.1) is 0 Å². The van der Waals surface area contributed by atoms with Crippen LogP contribution in [0.25, 0.3) is 5.69 Å². The summed E-state index contributed by atoms with van der Waals surface area (Å²) in [6, 6.07) is 5.66. The van der Waals surface area contributed by atoms with Gasteiger partial charge in [-0.25, -0.2) is 4.68 Å². The zero-order valence-electron chi connectivity index (χ0n) is 8.68. The molecule has 0 amide bonds. The molecule has 2 aromatic rings. The van der Waals surface area contributed by atoms with Gasteiger partial charge in [-0.05, 0) is 18.6 Å². The second-order valence-corrected chi connectivity index (χ2v) is 3.55. The predicted molar refractivity (Wildman–Crippen MR) is 60.5 cm³/mol. The van der Waals surface area contributed by atoms with E-state index in [0.29, 0.717) is 22.8 Å². The van der Waals surface area contributed by atoms with Crippen molar-refractivity contribution in [3.63, 3.8) is 0 Å². The number of rotatable bonds is 2. The summed E-state index contributed by atoms with van der Waals surface area (Å²) in [6.07, 6.45) is 4.00. The minimum Gasteiger partial charge on any atom is -0.265 e. The van der Waals surface area contributed by atoms with E-state index in [4.69, 9.17) is 16.9 Å². The van der Waals surface area contributed by atoms with Gasteiger partial charge in [0.15, 0.2) is 5.15 Å². The summed E-state index contributed by atoms with van der Waals surface area (Å²) in [5.41, 5.74) is 1.96. The zero-order chi connectivity index (χ0) is 11.5. The highest BCUT2D eigenvalue weighted by molar-refractivity contribution is 6.31. The maximum absolute atomic E-state index is 8.99. The molecule has 0 unspecified atom stereocenters. The zero-order valence-corrected chi connectivity index (χ0v) is 9.44. The van der Waals surface area contributed by atoms with Gasteiger partial charge >= 0.3 is 0 Å². The molecule has 0 aromatic carbocycles. The van der Waals surface area contributed by atoms with Crippen LogP contribution in [0.3, 0.4) is 0 Å². The number of aryl methyl sites for hydroxylation is 1.